The van der Waals surface area contributed by atoms with Gasteiger partial charge in [0.05, 0.1) is 21.7 Å². The summed E-state index contributed by atoms with van der Waals surface area (Å²) >= 11 is 0. The zero-order chi connectivity index (χ0) is 20.0. The van der Waals surface area contributed by atoms with Crippen LogP contribution in [-0.4, -0.2) is 14.5 Å². The first-order chi connectivity index (χ1) is 12.8. The molecule has 2 rings (SSSR count). The zero-order valence-electron chi connectivity index (χ0n) is 16.3. The molecule has 0 heterocycles. The first-order valence-electron chi connectivity index (χ1n) is 8.89. The molecule has 2 aromatic rings. The van der Waals surface area contributed by atoms with Crippen molar-refractivity contribution in [3.63, 3.8) is 0 Å². The molecule has 27 heavy (non-hydrogen) atoms. The lowest BCUT2D eigenvalue weighted by atomic mass is 10.1. The Morgan fingerprint density at radius 1 is 0.926 bits per heavy atom. The van der Waals surface area contributed by atoms with Crippen molar-refractivity contribution in [2.45, 2.75) is 43.5 Å². The van der Waals surface area contributed by atoms with E-state index in [0.717, 1.165) is 16.0 Å². The maximum absolute atomic E-state index is 13.2. The minimum atomic E-state index is -1.40. The van der Waals surface area contributed by atoms with Crippen molar-refractivity contribution in [1.82, 2.24) is 4.72 Å². The van der Waals surface area contributed by atoms with Gasteiger partial charge in [0.25, 0.3) is 0 Å². The molecule has 0 aliphatic rings. The lowest BCUT2D eigenvalue weighted by molar-refractivity contribution is 0.524. The fourth-order valence-corrected chi connectivity index (χ4v) is 5.22. The zero-order valence-corrected chi connectivity index (χ0v) is 17.9. The predicted molar refractivity (Wildman–Crippen MR) is 115 cm³/mol. The number of hydrogen-bond donors (Lipinski definition) is 1. The monoisotopic (exact) mass is 401 g/mol. The molecule has 0 aromatic heterocycles. The SMILES string of the molecule is C=C/C=C(\[C@H](NS(=O)c1ccc(C)cc1)C(C)C)S(=O)c1ccc(C)cc1. The Morgan fingerprint density at radius 2 is 1.41 bits per heavy atom. The summed E-state index contributed by atoms with van der Waals surface area (Å²) in [6.45, 7) is 11.8. The summed E-state index contributed by atoms with van der Waals surface area (Å²) in [6.07, 6.45) is 3.40. The fraction of sp³-hybridized carbons (Fsp3) is 0.273. The first-order valence-corrected chi connectivity index (χ1v) is 11.2. The highest BCUT2D eigenvalue weighted by Crippen LogP contribution is 2.23. The third kappa shape index (κ3) is 5.83. The molecular formula is C22H27NO2S2. The van der Waals surface area contributed by atoms with Gasteiger partial charge in [-0.1, -0.05) is 61.9 Å². The molecular weight excluding hydrogens is 374 g/mol. The molecule has 3 atom stereocenters. The number of allylic oxidation sites excluding steroid dienone is 2. The summed E-state index contributed by atoms with van der Waals surface area (Å²) in [5, 5.41) is 0. The quantitative estimate of drug-likeness (QED) is 0.645. The fourth-order valence-electron chi connectivity index (χ4n) is 2.56. The summed E-state index contributed by atoms with van der Waals surface area (Å²) in [6, 6.07) is 14.9. The average Bonchev–Trinajstić information content (AvgIpc) is 2.65. The average molecular weight is 402 g/mol. The van der Waals surface area contributed by atoms with E-state index in [-0.39, 0.29) is 12.0 Å². The predicted octanol–water partition coefficient (Wildman–Crippen LogP) is 4.82. The van der Waals surface area contributed by atoms with E-state index in [1.54, 1.807) is 12.2 Å². The molecule has 1 N–H and O–H groups in total. The summed E-state index contributed by atoms with van der Waals surface area (Å²) < 4.78 is 29.2. The largest absolute Gasteiger partial charge is 0.249 e. The summed E-state index contributed by atoms with van der Waals surface area (Å²) in [5.41, 5.74) is 2.23. The molecule has 0 aliphatic carbocycles. The van der Waals surface area contributed by atoms with Gasteiger partial charge in [0.2, 0.25) is 0 Å². The second-order valence-electron chi connectivity index (χ2n) is 6.81. The van der Waals surface area contributed by atoms with Crippen molar-refractivity contribution >= 4 is 21.8 Å². The van der Waals surface area contributed by atoms with Crippen LogP contribution in [0.25, 0.3) is 0 Å². The van der Waals surface area contributed by atoms with Gasteiger partial charge in [-0.3, -0.25) is 0 Å². The van der Waals surface area contributed by atoms with E-state index in [2.05, 4.69) is 11.3 Å². The Hall–Kier alpha value is -1.82. The molecule has 2 unspecified atom stereocenters. The smallest absolute Gasteiger partial charge is 0.125 e. The van der Waals surface area contributed by atoms with E-state index >= 15 is 0 Å². The molecule has 2 aromatic carbocycles. The number of benzene rings is 2. The van der Waals surface area contributed by atoms with Crippen LogP contribution in [0.4, 0.5) is 0 Å². The number of rotatable bonds is 8. The molecule has 0 fully saturated rings. The minimum Gasteiger partial charge on any atom is -0.249 e. The van der Waals surface area contributed by atoms with Crippen LogP contribution in [0.5, 0.6) is 0 Å². The van der Waals surface area contributed by atoms with E-state index in [4.69, 9.17) is 0 Å². The van der Waals surface area contributed by atoms with Gasteiger partial charge in [-0.2, -0.15) is 0 Å². The van der Waals surface area contributed by atoms with Crippen molar-refractivity contribution < 1.29 is 8.42 Å². The Labute approximate surface area is 167 Å². The van der Waals surface area contributed by atoms with Crippen molar-refractivity contribution in [1.29, 1.82) is 0 Å². The number of hydrogen-bond acceptors (Lipinski definition) is 2. The summed E-state index contributed by atoms with van der Waals surface area (Å²) in [7, 11) is -2.77. The van der Waals surface area contributed by atoms with Gasteiger partial charge >= 0.3 is 0 Å². The number of aryl methyl sites for hydroxylation is 2. The van der Waals surface area contributed by atoms with E-state index in [0.29, 0.717) is 9.80 Å². The normalized spacial score (nSPS) is 15.4. The highest BCUT2D eigenvalue weighted by atomic mass is 32.2. The lowest BCUT2D eigenvalue weighted by Gasteiger charge is -2.24. The molecule has 3 nitrogen and oxygen atoms in total. The van der Waals surface area contributed by atoms with Crippen molar-refractivity contribution in [3.8, 4) is 0 Å². The van der Waals surface area contributed by atoms with E-state index in [1.807, 2.05) is 76.2 Å². The molecule has 0 bridgehead atoms. The Morgan fingerprint density at radius 3 is 1.85 bits per heavy atom. The Balaban J connectivity index is 2.32. The maximum Gasteiger partial charge on any atom is 0.125 e. The molecule has 0 saturated heterocycles. The lowest BCUT2D eigenvalue weighted by Crippen LogP contribution is -2.38. The van der Waals surface area contributed by atoms with Gasteiger partial charge < -0.3 is 0 Å². The van der Waals surface area contributed by atoms with Crippen LogP contribution in [0.15, 0.2) is 82.0 Å². The molecule has 144 valence electrons. The van der Waals surface area contributed by atoms with Gasteiger partial charge in [-0.05, 0) is 50.1 Å². The van der Waals surface area contributed by atoms with E-state index < -0.39 is 21.8 Å². The second-order valence-corrected chi connectivity index (χ2v) is 9.53. The van der Waals surface area contributed by atoms with Gasteiger partial charge in [-0.15, -0.1) is 0 Å². The Bertz CT molecular complexity index is 853. The molecule has 0 amide bonds. The number of nitrogens with one attached hydrogen (secondary N) is 1. The van der Waals surface area contributed by atoms with Crippen LogP contribution in [0.1, 0.15) is 25.0 Å². The van der Waals surface area contributed by atoms with Crippen molar-refractivity contribution in [2.24, 2.45) is 5.92 Å². The Kier molecular flexibility index (Phi) is 7.90. The highest BCUT2D eigenvalue weighted by Gasteiger charge is 2.25. The highest BCUT2D eigenvalue weighted by molar-refractivity contribution is 7.89. The molecule has 0 radical (unpaired) electrons. The van der Waals surface area contributed by atoms with Crippen LogP contribution in [0, 0.1) is 19.8 Å². The van der Waals surface area contributed by atoms with Crippen LogP contribution in [0.3, 0.4) is 0 Å². The topological polar surface area (TPSA) is 46.2 Å². The second kappa shape index (κ2) is 9.93. The summed E-state index contributed by atoms with van der Waals surface area (Å²) in [5.74, 6) is 0.0972. The van der Waals surface area contributed by atoms with Crippen LogP contribution in [-0.2, 0) is 21.8 Å². The van der Waals surface area contributed by atoms with Gasteiger partial charge in [-0.25, -0.2) is 13.1 Å². The van der Waals surface area contributed by atoms with Crippen molar-refractivity contribution in [3.05, 3.63) is 83.3 Å². The standard InChI is InChI=1S/C22H27NO2S2/c1-6-7-21(26(24)19-12-8-17(4)9-13-19)22(16(2)3)23-27(25)20-14-10-18(5)11-15-20/h6-16,22-23H,1H2,2-5H3/b21-7+/t22-,26?,27?/m1/s1. The van der Waals surface area contributed by atoms with E-state index in [9.17, 15) is 8.42 Å². The molecule has 0 spiro atoms. The van der Waals surface area contributed by atoms with Crippen LogP contribution >= 0.6 is 0 Å². The minimum absolute atomic E-state index is 0.0972. The molecule has 0 aliphatic heterocycles. The molecule has 0 saturated carbocycles. The van der Waals surface area contributed by atoms with Gasteiger partial charge in [0, 0.05) is 9.80 Å². The van der Waals surface area contributed by atoms with Crippen LogP contribution in [0.2, 0.25) is 0 Å². The first kappa shape index (κ1) is 21.5. The van der Waals surface area contributed by atoms with E-state index in [1.165, 1.54) is 0 Å². The van der Waals surface area contributed by atoms with Gasteiger partial charge in [0.15, 0.2) is 0 Å². The molecule has 5 heteroatoms. The van der Waals surface area contributed by atoms with Crippen molar-refractivity contribution in [2.75, 3.05) is 0 Å². The van der Waals surface area contributed by atoms with Crippen LogP contribution < -0.4 is 4.72 Å². The maximum atomic E-state index is 13.2. The third-order valence-electron chi connectivity index (χ3n) is 4.17. The summed E-state index contributed by atoms with van der Waals surface area (Å²) in [4.78, 5) is 2.09. The van der Waals surface area contributed by atoms with Gasteiger partial charge in [0.1, 0.15) is 11.0 Å². The third-order valence-corrected chi connectivity index (χ3v) is 6.86.